The van der Waals surface area contributed by atoms with Gasteiger partial charge in [-0.2, -0.15) is 0 Å². The summed E-state index contributed by atoms with van der Waals surface area (Å²) in [5.41, 5.74) is 0. The molecule has 0 aromatic rings. The van der Waals surface area contributed by atoms with E-state index in [9.17, 15) is 0 Å². The third-order valence-electron chi connectivity index (χ3n) is 2.13. The fraction of sp³-hybridized carbons (Fsp3) is 0.714. The molecule has 0 aromatic carbocycles. The van der Waals surface area contributed by atoms with Crippen molar-refractivity contribution in [3.05, 3.63) is 25.3 Å². The van der Waals surface area contributed by atoms with Gasteiger partial charge in [-0.15, -0.1) is 13.2 Å². The van der Waals surface area contributed by atoms with Gasteiger partial charge < -0.3 is 0 Å². The third kappa shape index (κ3) is 17.5. The molecule has 0 heterocycles. The Hall–Kier alpha value is -0.520. The van der Waals surface area contributed by atoms with Gasteiger partial charge in [-0.3, -0.25) is 0 Å². The van der Waals surface area contributed by atoms with E-state index in [1.165, 1.54) is 51.4 Å². The lowest BCUT2D eigenvalue weighted by Crippen LogP contribution is -1.77. The summed E-state index contributed by atoms with van der Waals surface area (Å²) in [5, 5.41) is 0. The van der Waals surface area contributed by atoms with Gasteiger partial charge in [0.1, 0.15) is 0 Å². The molecule has 0 heteroatoms. The highest BCUT2D eigenvalue weighted by molar-refractivity contribution is 4.79. The molecule has 0 aromatic heterocycles. The van der Waals surface area contributed by atoms with Crippen molar-refractivity contribution >= 4 is 0 Å². The van der Waals surface area contributed by atoms with E-state index < -0.39 is 0 Å². The lowest BCUT2D eigenvalue weighted by Gasteiger charge is -1.97. The summed E-state index contributed by atoms with van der Waals surface area (Å²) in [6, 6.07) is 0. The normalized spacial score (nSPS) is 9.86. The van der Waals surface area contributed by atoms with Crippen molar-refractivity contribution in [3.8, 4) is 0 Å². The smallest absolute Gasteiger partial charge is 0.0351 e. The van der Waals surface area contributed by atoms with Crippen molar-refractivity contribution in [2.75, 3.05) is 0 Å². The molecule has 0 unspecified atom stereocenters. The standard InChI is InChI=1S/C12H24.C2H4/c1-3-5-7-9-11-12-10-8-6-4-2;1-2/h5,7H,3-4,6,8-12H2,1-2H3;1-2H2. The fourth-order valence-corrected chi connectivity index (χ4v) is 1.33. The molecule has 0 radical (unpaired) electrons. The topological polar surface area (TPSA) is 0 Å². The second kappa shape index (κ2) is 18.3. The first kappa shape index (κ1) is 15.9. The maximum atomic E-state index is 3.00. The Balaban J connectivity index is 0. The molecule has 0 aliphatic rings. The molecular weight excluding hydrogens is 168 g/mol. The largest absolute Gasteiger partial charge is 0.106 e. The van der Waals surface area contributed by atoms with E-state index in [1.807, 2.05) is 0 Å². The first-order chi connectivity index (χ1) is 6.91. The van der Waals surface area contributed by atoms with Crippen LogP contribution in [0.4, 0.5) is 0 Å². The van der Waals surface area contributed by atoms with Crippen LogP contribution in [-0.2, 0) is 0 Å². The summed E-state index contributed by atoms with van der Waals surface area (Å²) in [6.07, 6.45) is 15.5. The summed E-state index contributed by atoms with van der Waals surface area (Å²) in [4.78, 5) is 0. The third-order valence-corrected chi connectivity index (χ3v) is 2.13. The van der Waals surface area contributed by atoms with E-state index in [-0.39, 0.29) is 0 Å². The highest BCUT2D eigenvalue weighted by atomic mass is 13.9. The van der Waals surface area contributed by atoms with Gasteiger partial charge in [0.05, 0.1) is 0 Å². The Morgan fingerprint density at radius 2 is 1.36 bits per heavy atom. The number of rotatable bonds is 8. The fourth-order valence-electron chi connectivity index (χ4n) is 1.33. The van der Waals surface area contributed by atoms with Crippen LogP contribution in [0.15, 0.2) is 25.3 Å². The molecule has 0 bridgehead atoms. The molecule has 0 aliphatic heterocycles. The lowest BCUT2D eigenvalue weighted by atomic mass is 10.1. The number of allylic oxidation sites excluding steroid dienone is 2. The van der Waals surface area contributed by atoms with Crippen molar-refractivity contribution in [1.29, 1.82) is 0 Å². The zero-order chi connectivity index (χ0) is 11.1. The molecule has 0 fully saturated rings. The van der Waals surface area contributed by atoms with Crippen LogP contribution in [0, 0.1) is 0 Å². The summed E-state index contributed by atoms with van der Waals surface area (Å²) in [6.45, 7) is 10.5. The maximum absolute atomic E-state index is 3.00. The minimum atomic E-state index is 1.19. The predicted octanol–water partition coefficient (Wildman–Crippen LogP) is 5.51. The maximum Gasteiger partial charge on any atom is -0.0351 e. The zero-order valence-corrected chi connectivity index (χ0v) is 10.2. The monoisotopic (exact) mass is 196 g/mol. The van der Waals surface area contributed by atoms with E-state index in [0.29, 0.717) is 0 Å². The van der Waals surface area contributed by atoms with Crippen molar-refractivity contribution in [2.45, 2.75) is 65.2 Å². The summed E-state index contributed by atoms with van der Waals surface area (Å²) >= 11 is 0. The Bertz CT molecular complexity index is 103. The van der Waals surface area contributed by atoms with Gasteiger partial charge in [-0.05, 0) is 19.3 Å². The molecule has 0 aliphatic carbocycles. The van der Waals surface area contributed by atoms with Crippen LogP contribution in [0.3, 0.4) is 0 Å². The SMILES string of the molecule is C=C.CCC=CCCCCCCCC. The van der Waals surface area contributed by atoms with Crippen LogP contribution in [0.1, 0.15) is 65.2 Å². The number of hydrogen-bond acceptors (Lipinski definition) is 0. The quantitative estimate of drug-likeness (QED) is 0.355. The average Bonchev–Trinajstić information content (AvgIpc) is 2.25. The van der Waals surface area contributed by atoms with Crippen LogP contribution in [0.25, 0.3) is 0 Å². The molecule has 84 valence electrons. The average molecular weight is 196 g/mol. The molecule has 0 amide bonds. The van der Waals surface area contributed by atoms with Crippen LogP contribution < -0.4 is 0 Å². The predicted molar refractivity (Wildman–Crippen MR) is 68.7 cm³/mol. The number of hydrogen-bond donors (Lipinski definition) is 0. The van der Waals surface area contributed by atoms with Crippen LogP contribution >= 0.6 is 0 Å². The van der Waals surface area contributed by atoms with Crippen molar-refractivity contribution in [1.82, 2.24) is 0 Å². The Morgan fingerprint density at radius 1 is 0.786 bits per heavy atom. The summed E-state index contributed by atoms with van der Waals surface area (Å²) in [5.74, 6) is 0. The van der Waals surface area contributed by atoms with Crippen LogP contribution in [-0.4, -0.2) is 0 Å². The Morgan fingerprint density at radius 3 is 1.93 bits per heavy atom. The molecule has 0 saturated heterocycles. The van der Waals surface area contributed by atoms with Crippen LogP contribution in [0.2, 0.25) is 0 Å². The highest BCUT2D eigenvalue weighted by Gasteiger charge is 1.87. The van der Waals surface area contributed by atoms with Crippen molar-refractivity contribution in [3.63, 3.8) is 0 Å². The van der Waals surface area contributed by atoms with E-state index in [4.69, 9.17) is 0 Å². The van der Waals surface area contributed by atoms with Gasteiger partial charge in [-0.25, -0.2) is 0 Å². The second-order valence-corrected chi connectivity index (χ2v) is 3.44. The Labute approximate surface area is 91.1 Å². The minimum Gasteiger partial charge on any atom is -0.106 e. The minimum absolute atomic E-state index is 1.19. The van der Waals surface area contributed by atoms with E-state index >= 15 is 0 Å². The van der Waals surface area contributed by atoms with Gasteiger partial charge >= 0.3 is 0 Å². The second-order valence-electron chi connectivity index (χ2n) is 3.44. The van der Waals surface area contributed by atoms with E-state index in [2.05, 4.69) is 39.2 Å². The van der Waals surface area contributed by atoms with E-state index in [1.54, 1.807) is 0 Å². The lowest BCUT2D eigenvalue weighted by molar-refractivity contribution is 0.611. The highest BCUT2D eigenvalue weighted by Crippen LogP contribution is 2.07. The molecule has 0 N–H and O–H groups in total. The first-order valence-electron chi connectivity index (χ1n) is 6.06. The molecule has 0 rings (SSSR count). The number of unbranched alkanes of at least 4 members (excludes halogenated alkanes) is 6. The molecule has 0 nitrogen and oxygen atoms in total. The molecule has 14 heavy (non-hydrogen) atoms. The van der Waals surface area contributed by atoms with Gasteiger partial charge in [0.15, 0.2) is 0 Å². The van der Waals surface area contributed by atoms with Gasteiger partial charge in [0.2, 0.25) is 0 Å². The molecule has 0 spiro atoms. The zero-order valence-electron chi connectivity index (χ0n) is 10.2. The summed E-state index contributed by atoms with van der Waals surface area (Å²) < 4.78 is 0. The molecule has 0 saturated carbocycles. The molecular formula is C14H28. The van der Waals surface area contributed by atoms with Crippen molar-refractivity contribution in [2.24, 2.45) is 0 Å². The molecule has 0 atom stereocenters. The summed E-state index contributed by atoms with van der Waals surface area (Å²) in [7, 11) is 0. The van der Waals surface area contributed by atoms with Gasteiger partial charge in [-0.1, -0.05) is 58.1 Å². The van der Waals surface area contributed by atoms with Crippen molar-refractivity contribution < 1.29 is 0 Å². The Kier molecular flexibility index (Phi) is 20.8. The first-order valence-corrected chi connectivity index (χ1v) is 6.06. The van der Waals surface area contributed by atoms with E-state index in [0.717, 1.165) is 0 Å². The van der Waals surface area contributed by atoms with Gasteiger partial charge in [0.25, 0.3) is 0 Å². The van der Waals surface area contributed by atoms with Crippen LogP contribution in [0.5, 0.6) is 0 Å². The van der Waals surface area contributed by atoms with Gasteiger partial charge in [0, 0.05) is 0 Å².